The number of hydrogen-bond donors (Lipinski definition) is 3. The maximum atomic E-state index is 9.84. The van der Waals surface area contributed by atoms with Gasteiger partial charge in [0.1, 0.15) is 6.07 Å². The highest BCUT2D eigenvalue weighted by molar-refractivity contribution is 5.90. The van der Waals surface area contributed by atoms with E-state index in [-0.39, 0.29) is 0 Å². The fourth-order valence-corrected chi connectivity index (χ4v) is 4.46. The molecule has 0 aliphatic rings. The van der Waals surface area contributed by atoms with Gasteiger partial charge in [0.25, 0.3) is 0 Å². The Labute approximate surface area is 222 Å². The number of anilines is 2. The first-order valence-electron chi connectivity index (χ1n) is 12.6. The van der Waals surface area contributed by atoms with Gasteiger partial charge in [0, 0.05) is 59.2 Å². The molecule has 0 fully saturated rings. The molecule has 0 unspecified atom stereocenters. The molecule has 3 N–H and O–H groups in total. The van der Waals surface area contributed by atoms with Crippen molar-refractivity contribution in [1.29, 1.82) is 5.26 Å². The quantitative estimate of drug-likeness (QED) is 0.212. The summed E-state index contributed by atoms with van der Waals surface area (Å²) in [6.07, 6.45) is 12.1. The first-order chi connectivity index (χ1) is 18.6. The molecule has 0 radical (unpaired) electrons. The van der Waals surface area contributed by atoms with Gasteiger partial charge >= 0.3 is 0 Å². The highest BCUT2D eigenvalue weighted by Gasteiger charge is 2.13. The van der Waals surface area contributed by atoms with Crippen LogP contribution in [0, 0.1) is 25.2 Å². The van der Waals surface area contributed by atoms with Crippen LogP contribution in [-0.2, 0) is 13.0 Å². The molecule has 0 atom stereocenters. The molecule has 0 aliphatic heterocycles. The van der Waals surface area contributed by atoms with Gasteiger partial charge in [-0.3, -0.25) is 15.0 Å². The number of nitrogens with one attached hydrogen (secondary N) is 3. The molecular weight excluding hydrogens is 470 g/mol. The molecule has 4 heterocycles. The van der Waals surface area contributed by atoms with Crippen LogP contribution in [0.3, 0.4) is 0 Å². The van der Waals surface area contributed by atoms with Gasteiger partial charge in [-0.1, -0.05) is 6.07 Å². The molecule has 188 valence electrons. The summed E-state index contributed by atoms with van der Waals surface area (Å²) in [7, 11) is 0. The van der Waals surface area contributed by atoms with Crippen LogP contribution in [0.15, 0.2) is 73.3 Å². The van der Waals surface area contributed by atoms with Gasteiger partial charge in [-0.25, -0.2) is 0 Å². The number of hydrogen-bond acceptors (Lipinski definition) is 6. The van der Waals surface area contributed by atoms with Crippen molar-refractivity contribution in [2.24, 2.45) is 0 Å². The van der Waals surface area contributed by atoms with Gasteiger partial charge in [0.2, 0.25) is 0 Å². The minimum Gasteiger partial charge on any atom is -0.361 e. The summed E-state index contributed by atoms with van der Waals surface area (Å²) >= 11 is 0. The third-order valence-corrected chi connectivity index (χ3v) is 6.59. The zero-order chi connectivity index (χ0) is 26.3. The summed E-state index contributed by atoms with van der Waals surface area (Å²) in [5, 5.41) is 18.0. The lowest BCUT2D eigenvalue weighted by Gasteiger charge is -2.16. The number of aromatic amines is 1. The molecule has 0 spiro atoms. The molecule has 38 heavy (non-hydrogen) atoms. The molecular formula is C31H29N7. The van der Waals surface area contributed by atoms with E-state index < -0.39 is 0 Å². The fourth-order valence-electron chi connectivity index (χ4n) is 4.46. The van der Waals surface area contributed by atoms with Gasteiger partial charge in [-0.05, 0) is 92.6 Å². The molecule has 7 nitrogen and oxygen atoms in total. The number of aryl methyl sites for hydroxylation is 2. The standard InChI is InChI=1S/C31H29N7/c1-21-27-13-17-35-30(27)9-8-29(21)38-31-24(18-32)19-36-22(2)28(31)7-6-25-4-3-5-26(37-25)20-34-16-12-23-10-14-33-15-11-23/h3-11,13-15,17,19,34-35H,12,16,20H2,1-2H3,(H,36,38). The summed E-state index contributed by atoms with van der Waals surface area (Å²) in [5.74, 6) is 0. The maximum Gasteiger partial charge on any atom is 0.103 e. The number of pyridine rings is 3. The largest absolute Gasteiger partial charge is 0.361 e. The van der Waals surface area contributed by atoms with Gasteiger partial charge in [-0.15, -0.1) is 0 Å². The van der Waals surface area contributed by atoms with Crippen LogP contribution in [0.2, 0.25) is 0 Å². The van der Waals surface area contributed by atoms with Gasteiger partial charge in [-0.2, -0.15) is 5.26 Å². The van der Waals surface area contributed by atoms with Crippen molar-refractivity contribution < 1.29 is 0 Å². The molecule has 0 saturated heterocycles. The number of H-pyrrole nitrogens is 1. The normalized spacial score (nSPS) is 11.2. The van der Waals surface area contributed by atoms with Gasteiger partial charge in [0.05, 0.1) is 22.6 Å². The Bertz CT molecular complexity index is 1630. The lowest BCUT2D eigenvalue weighted by atomic mass is 10.0. The summed E-state index contributed by atoms with van der Waals surface area (Å²) in [4.78, 5) is 16.6. The van der Waals surface area contributed by atoms with Gasteiger partial charge < -0.3 is 15.6 Å². The molecule has 0 bridgehead atoms. The van der Waals surface area contributed by atoms with Crippen molar-refractivity contribution in [3.8, 4) is 6.07 Å². The smallest absolute Gasteiger partial charge is 0.103 e. The van der Waals surface area contributed by atoms with E-state index in [0.29, 0.717) is 12.1 Å². The van der Waals surface area contributed by atoms with E-state index in [4.69, 9.17) is 4.98 Å². The van der Waals surface area contributed by atoms with Crippen molar-refractivity contribution in [2.45, 2.75) is 26.8 Å². The molecule has 0 saturated carbocycles. The van der Waals surface area contributed by atoms with Crippen molar-refractivity contribution in [1.82, 2.24) is 25.3 Å². The van der Waals surface area contributed by atoms with E-state index in [1.807, 2.05) is 80.1 Å². The molecule has 0 amide bonds. The van der Waals surface area contributed by atoms with Crippen LogP contribution >= 0.6 is 0 Å². The number of aromatic nitrogens is 4. The minimum absolute atomic E-state index is 0.490. The second kappa shape index (κ2) is 11.5. The number of benzene rings is 1. The number of nitrogens with zero attached hydrogens (tertiary/aromatic N) is 4. The molecule has 5 rings (SSSR count). The summed E-state index contributed by atoms with van der Waals surface area (Å²) in [6, 6.07) is 18.5. The summed E-state index contributed by atoms with van der Waals surface area (Å²) in [5.41, 5.74) is 9.14. The Balaban J connectivity index is 1.35. The summed E-state index contributed by atoms with van der Waals surface area (Å²) in [6.45, 7) is 5.57. The Morgan fingerprint density at radius 1 is 1.03 bits per heavy atom. The van der Waals surface area contributed by atoms with Crippen LogP contribution in [0.5, 0.6) is 0 Å². The van der Waals surface area contributed by atoms with E-state index in [1.165, 1.54) is 5.56 Å². The molecule has 5 aromatic rings. The predicted octanol–water partition coefficient (Wildman–Crippen LogP) is 6.09. The van der Waals surface area contributed by atoms with Crippen LogP contribution in [0.4, 0.5) is 11.4 Å². The third-order valence-electron chi connectivity index (χ3n) is 6.59. The first-order valence-corrected chi connectivity index (χ1v) is 12.6. The van der Waals surface area contributed by atoms with Crippen molar-refractivity contribution in [2.75, 3.05) is 11.9 Å². The molecule has 1 aromatic carbocycles. The SMILES string of the molecule is Cc1ncc(C#N)c(Nc2ccc3[nH]ccc3c2C)c1C=Cc1cccc(CNCCc2ccncc2)n1. The Morgan fingerprint density at radius 2 is 1.89 bits per heavy atom. The molecule has 4 aromatic heterocycles. The topological polar surface area (TPSA) is 102 Å². The zero-order valence-electron chi connectivity index (χ0n) is 21.5. The lowest BCUT2D eigenvalue weighted by molar-refractivity contribution is 0.674. The predicted molar refractivity (Wildman–Crippen MR) is 153 cm³/mol. The lowest BCUT2D eigenvalue weighted by Crippen LogP contribution is -2.17. The highest BCUT2D eigenvalue weighted by Crippen LogP contribution is 2.32. The third kappa shape index (κ3) is 5.61. The van der Waals surface area contributed by atoms with E-state index in [1.54, 1.807) is 6.20 Å². The molecule has 0 aliphatic carbocycles. The minimum atomic E-state index is 0.490. The van der Waals surface area contributed by atoms with Crippen molar-refractivity contribution >= 4 is 34.4 Å². The Morgan fingerprint density at radius 3 is 2.74 bits per heavy atom. The average molecular weight is 500 g/mol. The van der Waals surface area contributed by atoms with Crippen LogP contribution < -0.4 is 10.6 Å². The monoisotopic (exact) mass is 499 g/mol. The highest BCUT2D eigenvalue weighted by atomic mass is 14.9. The van der Waals surface area contributed by atoms with Crippen molar-refractivity contribution in [3.05, 3.63) is 113 Å². The number of rotatable bonds is 9. The summed E-state index contributed by atoms with van der Waals surface area (Å²) < 4.78 is 0. The van der Waals surface area contributed by atoms with Gasteiger partial charge in [0.15, 0.2) is 0 Å². The van der Waals surface area contributed by atoms with Crippen LogP contribution in [0.1, 0.15) is 39.3 Å². The van der Waals surface area contributed by atoms with Crippen molar-refractivity contribution in [3.63, 3.8) is 0 Å². The Kier molecular flexibility index (Phi) is 7.53. The van der Waals surface area contributed by atoms with Crippen LogP contribution in [-0.4, -0.2) is 26.5 Å². The second-order valence-corrected chi connectivity index (χ2v) is 9.13. The Hall–Kier alpha value is -4.80. The first kappa shape index (κ1) is 24.9. The van der Waals surface area contributed by atoms with E-state index in [2.05, 4.69) is 44.6 Å². The second-order valence-electron chi connectivity index (χ2n) is 9.13. The van der Waals surface area contributed by atoms with Crippen LogP contribution in [0.25, 0.3) is 23.1 Å². The average Bonchev–Trinajstić information content (AvgIpc) is 3.43. The zero-order valence-corrected chi connectivity index (χ0v) is 21.5. The van der Waals surface area contributed by atoms with E-state index in [9.17, 15) is 5.26 Å². The van der Waals surface area contributed by atoms with E-state index >= 15 is 0 Å². The maximum absolute atomic E-state index is 9.84. The fraction of sp³-hybridized carbons (Fsp3) is 0.161. The number of nitriles is 1. The van der Waals surface area contributed by atoms with E-state index in [0.717, 1.165) is 63.5 Å². The number of fused-ring (bicyclic) bond motifs is 1. The molecule has 7 heteroatoms.